The second kappa shape index (κ2) is 12.7. The first-order chi connectivity index (χ1) is 24.6. The lowest BCUT2D eigenvalue weighted by molar-refractivity contribution is -0.141. The number of fused-ring (bicyclic) bond motifs is 1. The van der Waals surface area contributed by atoms with E-state index in [1.54, 1.807) is 17.0 Å². The van der Waals surface area contributed by atoms with E-state index >= 15 is 0 Å². The first-order valence-corrected chi connectivity index (χ1v) is 16.7. The van der Waals surface area contributed by atoms with E-state index < -0.39 is 23.1 Å². The number of aromatic nitrogens is 5. The Bertz CT molecular complexity index is 2170. The van der Waals surface area contributed by atoms with Crippen LogP contribution in [0.4, 0.5) is 23.2 Å². The number of carbonyl (C=O) groups excluding carboxylic acids is 2. The molecule has 14 heteroatoms. The minimum absolute atomic E-state index is 0.00679. The van der Waals surface area contributed by atoms with Crippen LogP contribution in [0, 0.1) is 11.2 Å². The zero-order valence-electron chi connectivity index (χ0n) is 27.3. The largest absolute Gasteiger partial charge is 0.433 e. The van der Waals surface area contributed by atoms with E-state index in [1.165, 1.54) is 6.07 Å². The van der Waals surface area contributed by atoms with Crippen LogP contribution >= 0.6 is 0 Å². The maximum absolute atomic E-state index is 14.0. The highest BCUT2D eigenvalue weighted by molar-refractivity contribution is 6.03. The Morgan fingerprint density at radius 2 is 1.67 bits per heavy atom. The van der Waals surface area contributed by atoms with Gasteiger partial charge in [0.25, 0.3) is 0 Å². The number of amides is 2. The molecule has 3 aromatic heterocycles. The van der Waals surface area contributed by atoms with Crippen LogP contribution in [0.15, 0.2) is 79.3 Å². The molecule has 0 radical (unpaired) electrons. The number of likely N-dealkylation sites (tertiary alicyclic amines) is 1. The van der Waals surface area contributed by atoms with Gasteiger partial charge in [-0.2, -0.15) is 18.3 Å². The molecule has 3 aliphatic heterocycles. The average molecular weight is 697 g/mol. The fraction of sp³-hybridized carbons (Fsp3) is 0.297. The van der Waals surface area contributed by atoms with E-state index in [4.69, 9.17) is 0 Å². The molecular weight excluding hydrogens is 664 g/mol. The summed E-state index contributed by atoms with van der Waals surface area (Å²) in [7, 11) is 0. The monoisotopic (exact) mass is 696 g/mol. The van der Waals surface area contributed by atoms with E-state index in [2.05, 4.69) is 36.1 Å². The minimum Gasteiger partial charge on any atom is -0.338 e. The van der Waals surface area contributed by atoms with Gasteiger partial charge in [0.1, 0.15) is 11.4 Å². The molecule has 6 heterocycles. The molecular formula is C37H32F4N8O2. The number of aromatic amines is 1. The number of hydrogen-bond donors (Lipinski definition) is 1. The summed E-state index contributed by atoms with van der Waals surface area (Å²) in [5, 5.41) is 7.76. The number of anilines is 1. The third kappa shape index (κ3) is 6.24. The number of nitrogens with zero attached hydrogens (tertiary/aromatic N) is 7. The van der Waals surface area contributed by atoms with Gasteiger partial charge < -0.3 is 9.80 Å². The van der Waals surface area contributed by atoms with Gasteiger partial charge in [0.2, 0.25) is 11.8 Å². The molecule has 10 nitrogen and oxygen atoms in total. The number of H-pyrrole nitrogens is 1. The second-order valence-corrected chi connectivity index (χ2v) is 13.3. The molecule has 0 bridgehead atoms. The summed E-state index contributed by atoms with van der Waals surface area (Å²) in [6.45, 7) is 2.96. The van der Waals surface area contributed by atoms with E-state index in [9.17, 15) is 27.2 Å². The van der Waals surface area contributed by atoms with Crippen LogP contribution in [0.5, 0.6) is 0 Å². The summed E-state index contributed by atoms with van der Waals surface area (Å²) >= 11 is 0. The maximum Gasteiger partial charge on any atom is 0.433 e. The molecule has 8 rings (SSSR count). The van der Waals surface area contributed by atoms with Crippen molar-refractivity contribution in [1.82, 2.24) is 34.9 Å². The molecule has 2 amide bonds. The normalized spacial score (nSPS) is 19.8. The van der Waals surface area contributed by atoms with Gasteiger partial charge in [0, 0.05) is 54.6 Å². The van der Waals surface area contributed by atoms with Crippen LogP contribution in [-0.2, 0) is 15.8 Å². The minimum atomic E-state index is -4.59. The predicted octanol–water partition coefficient (Wildman–Crippen LogP) is 5.98. The first kappa shape index (κ1) is 32.7. The summed E-state index contributed by atoms with van der Waals surface area (Å²) in [5.41, 5.74) is 3.31. The summed E-state index contributed by atoms with van der Waals surface area (Å²) in [4.78, 5) is 44.5. The van der Waals surface area contributed by atoms with Crippen LogP contribution < -0.4 is 4.90 Å². The molecule has 0 unspecified atom stereocenters. The van der Waals surface area contributed by atoms with Crippen LogP contribution in [0.2, 0.25) is 0 Å². The number of nitrogens with one attached hydrogen (secondary N) is 1. The zero-order chi connectivity index (χ0) is 35.3. The van der Waals surface area contributed by atoms with Crippen LogP contribution in [0.25, 0.3) is 39.1 Å². The van der Waals surface area contributed by atoms with Crippen LogP contribution in [-0.4, -0.2) is 86.0 Å². The molecule has 5 aromatic rings. The highest BCUT2D eigenvalue weighted by Gasteiger charge is 2.51. The lowest BCUT2D eigenvalue weighted by Gasteiger charge is -2.29. The van der Waals surface area contributed by atoms with E-state index in [0.29, 0.717) is 80.1 Å². The van der Waals surface area contributed by atoms with Gasteiger partial charge in [-0.05, 0) is 67.3 Å². The average Bonchev–Trinajstić information content (AvgIpc) is 3.85. The van der Waals surface area contributed by atoms with Crippen molar-refractivity contribution in [2.75, 3.05) is 44.2 Å². The van der Waals surface area contributed by atoms with Gasteiger partial charge in [0.05, 0.1) is 29.9 Å². The zero-order valence-corrected chi connectivity index (χ0v) is 27.3. The number of benzene rings is 2. The molecule has 1 atom stereocenters. The summed E-state index contributed by atoms with van der Waals surface area (Å²) in [6, 6.07) is 15.6. The SMILES string of the molecule is O=C(CN1CC[C@]2(CCN(c3ccc4[nH]nc(-c5ccnc(C(F)(F)F)c5)c4c3)C2=O)C1)N1CC=C(c2ccc(-c3ncc(F)cn3)cc2)CC1. The van der Waals surface area contributed by atoms with Crippen LogP contribution in [0.1, 0.15) is 30.5 Å². The van der Waals surface area contributed by atoms with Crippen molar-refractivity contribution < 1.29 is 27.2 Å². The van der Waals surface area contributed by atoms with Gasteiger partial charge in [-0.1, -0.05) is 30.3 Å². The lowest BCUT2D eigenvalue weighted by atomic mass is 9.85. The molecule has 2 aromatic carbocycles. The third-order valence-corrected chi connectivity index (χ3v) is 10.2. The number of alkyl halides is 3. The quantitative estimate of drug-likeness (QED) is 0.218. The molecule has 3 aliphatic rings. The number of rotatable bonds is 6. The Morgan fingerprint density at radius 1 is 0.902 bits per heavy atom. The standard InChI is InChI=1S/C37H32F4N8O2/c38-27-19-43-34(44-20-27)25-3-1-23(2-4-25)24-8-13-48(14-9-24)32(50)21-47-15-10-36(22-47)11-16-49(35(36)51)28-5-6-30-29(18-28)33(46-45-30)26-7-12-42-31(17-26)37(39,40)41/h1-8,12,17-20H,9-11,13-16,21-22H2,(H,45,46)/t36-/m0/s1. The third-order valence-electron chi connectivity index (χ3n) is 10.2. The fourth-order valence-electron chi connectivity index (χ4n) is 7.41. The van der Waals surface area contributed by atoms with Crippen molar-refractivity contribution in [3.05, 3.63) is 96.3 Å². The van der Waals surface area contributed by atoms with Gasteiger partial charge in [-0.15, -0.1) is 0 Å². The van der Waals surface area contributed by atoms with Crippen LogP contribution in [0.3, 0.4) is 0 Å². The van der Waals surface area contributed by atoms with E-state index in [0.717, 1.165) is 41.4 Å². The Morgan fingerprint density at radius 3 is 2.41 bits per heavy atom. The molecule has 2 fully saturated rings. The molecule has 260 valence electrons. The molecule has 1 N–H and O–H groups in total. The number of hydrogen-bond acceptors (Lipinski definition) is 7. The smallest absolute Gasteiger partial charge is 0.338 e. The summed E-state index contributed by atoms with van der Waals surface area (Å²) in [6.07, 6.45) is 2.88. The number of pyridine rings is 1. The molecule has 2 saturated heterocycles. The molecule has 51 heavy (non-hydrogen) atoms. The first-order valence-electron chi connectivity index (χ1n) is 16.7. The summed E-state index contributed by atoms with van der Waals surface area (Å²) < 4.78 is 53.2. The molecule has 1 spiro atoms. The van der Waals surface area contributed by atoms with E-state index in [-0.39, 0.29) is 23.9 Å². The van der Waals surface area contributed by atoms with Crippen molar-refractivity contribution in [2.45, 2.75) is 25.4 Å². The number of halogens is 4. The summed E-state index contributed by atoms with van der Waals surface area (Å²) in [5.74, 6) is -0.0159. The fourth-order valence-corrected chi connectivity index (χ4v) is 7.41. The predicted molar refractivity (Wildman–Crippen MR) is 181 cm³/mol. The van der Waals surface area contributed by atoms with Crippen molar-refractivity contribution >= 4 is 34.0 Å². The lowest BCUT2D eigenvalue weighted by Crippen LogP contribution is -2.43. The maximum atomic E-state index is 14.0. The molecule has 0 saturated carbocycles. The topological polar surface area (TPSA) is 111 Å². The van der Waals surface area contributed by atoms with Gasteiger partial charge in [0.15, 0.2) is 11.6 Å². The molecule has 0 aliphatic carbocycles. The highest BCUT2D eigenvalue weighted by Crippen LogP contribution is 2.43. The van der Waals surface area contributed by atoms with Crippen molar-refractivity contribution in [2.24, 2.45) is 5.41 Å². The number of carbonyl (C=O) groups is 2. The second-order valence-electron chi connectivity index (χ2n) is 13.3. The Hall–Kier alpha value is -5.50. The van der Waals surface area contributed by atoms with Crippen molar-refractivity contribution in [3.8, 4) is 22.6 Å². The Labute approximate surface area is 289 Å². The van der Waals surface area contributed by atoms with Crippen molar-refractivity contribution in [1.29, 1.82) is 0 Å². The van der Waals surface area contributed by atoms with Gasteiger partial charge in [-0.25, -0.2) is 14.4 Å². The van der Waals surface area contributed by atoms with Gasteiger partial charge in [-0.3, -0.25) is 24.6 Å². The Balaban J connectivity index is 0.898. The van der Waals surface area contributed by atoms with E-state index in [1.807, 2.05) is 35.2 Å². The Kier molecular flexibility index (Phi) is 8.13. The van der Waals surface area contributed by atoms with Crippen molar-refractivity contribution in [3.63, 3.8) is 0 Å². The van der Waals surface area contributed by atoms with Gasteiger partial charge >= 0.3 is 6.18 Å². The highest BCUT2D eigenvalue weighted by atomic mass is 19.4.